The van der Waals surface area contributed by atoms with Gasteiger partial charge in [-0.05, 0) is 51.4 Å². The van der Waals surface area contributed by atoms with Gasteiger partial charge >= 0.3 is 0 Å². The van der Waals surface area contributed by atoms with E-state index in [1.807, 2.05) is 39.4 Å². The minimum atomic E-state index is -4.59. The van der Waals surface area contributed by atoms with Crippen molar-refractivity contribution in [1.82, 2.24) is 5.32 Å². The molecule has 8 nitrogen and oxygen atoms in total. The molecular weight excluding hydrogens is 575 g/mol. The van der Waals surface area contributed by atoms with Gasteiger partial charge in [-0.15, -0.1) is 0 Å². The van der Waals surface area contributed by atoms with E-state index in [4.69, 9.17) is 9.05 Å². The monoisotopic (exact) mass is 640 g/mol. The van der Waals surface area contributed by atoms with E-state index in [1.165, 1.54) is 57.8 Å². The molecule has 0 bridgehead atoms. The second-order valence-electron chi connectivity index (χ2n) is 12.5. The molecule has 3 unspecified atom stereocenters. The van der Waals surface area contributed by atoms with Gasteiger partial charge in [0.05, 0.1) is 39.9 Å². The summed E-state index contributed by atoms with van der Waals surface area (Å²) in [4.78, 5) is 25.0. The van der Waals surface area contributed by atoms with Crippen LogP contribution in [0.1, 0.15) is 117 Å². The largest absolute Gasteiger partial charge is 0.756 e. The first kappa shape index (κ1) is 42.5. The first-order chi connectivity index (χ1) is 21.0. The number of aliphatic hydroxyl groups excluding tert-OH is 1. The van der Waals surface area contributed by atoms with Crippen LogP contribution in [0.25, 0.3) is 0 Å². The predicted molar refractivity (Wildman–Crippen MR) is 182 cm³/mol. The van der Waals surface area contributed by atoms with Gasteiger partial charge < -0.3 is 28.8 Å². The zero-order chi connectivity index (χ0) is 32.9. The van der Waals surface area contributed by atoms with Crippen molar-refractivity contribution >= 4 is 13.7 Å². The van der Waals surface area contributed by atoms with E-state index in [0.717, 1.165) is 32.1 Å². The maximum absolute atomic E-state index is 12.6. The predicted octanol–water partition coefficient (Wildman–Crippen LogP) is 7.55. The molecule has 0 aliphatic carbocycles. The number of aliphatic hydroxyl groups is 1. The number of hydrogen-bond donors (Lipinski definition) is 2. The van der Waals surface area contributed by atoms with Gasteiger partial charge in [-0.2, -0.15) is 0 Å². The highest BCUT2D eigenvalue weighted by Gasteiger charge is 2.23. The summed E-state index contributed by atoms with van der Waals surface area (Å²) >= 11 is 0. The average Bonchev–Trinajstić information content (AvgIpc) is 2.95. The molecule has 1 amide bonds. The average molecular weight is 641 g/mol. The third kappa shape index (κ3) is 29.2. The Morgan fingerprint density at radius 2 is 1.34 bits per heavy atom. The SMILES string of the molecule is CCCCC/C=C/CC/C=C/C(O)C(COP(=O)([O-])OCC[N+](C)(C)C)NC(=O)CC/C=C\C/C=C\CCCCCCCC. The Kier molecular flexibility index (Phi) is 26.8. The van der Waals surface area contributed by atoms with Gasteiger partial charge in [-0.1, -0.05) is 107 Å². The number of likely N-dealkylation sites (N-methyl/N-ethyl adjacent to an activating group) is 1. The lowest BCUT2D eigenvalue weighted by Crippen LogP contribution is -2.45. The Balaban J connectivity index is 4.74. The van der Waals surface area contributed by atoms with Crippen LogP contribution >= 0.6 is 7.82 Å². The zero-order valence-corrected chi connectivity index (χ0v) is 29.5. The number of phosphoric acid groups is 1. The second kappa shape index (κ2) is 27.7. The molecule has 0 aliphatic rings. The Bertz CT molecular complexity index is 866. The molecule has 2 N–H and O–H groups in total. The summed E-state index contributed by atoms with van der Waals surface area (Å²) in [6.45, 7) is 4.47. The van der Waals surface area contributed by atoms with Crippen LogP contribution in [0.4, 0.5) is 0 Å². The van der Waals surface area contributed by atoms with Gasteiger partial charge in [-0.25, -0.2) is 0 Å². The van der Waals surface area contributed by atoms with E-state index in [1.54, 1.807) is 6.08 Å². The van der Waals surface area contributed by atoms with Crippen molar-refractivity contribution in [2.24, 2.45) is 0 Å². The van der Waals surface area contributed by atoms with Crippen LogP contribution in [0.2, 0.25) is 0 Å². The molecule has 0 radical (unpaired) electrons. The number of nitrogens with one attached hydrogen (secondary N) is 1. The molecule has 0 aromatic heterocycles. The molecule has 0 rings (SSSR count). The van der Waals surface area contributed by atoms with E-state index in [-0.39, 0.29) is 18.9 Å². The smallest absolute Gasteiger partial charge is 0.268 e. The summed E-state index contributed by atoms with van der Waals surface area (Å²) in [5.74, 6) is -0.281. The standard InChI is InChI=1S/C35H65N2O6P/c1-6-8-10-12-14-16-17-18-19-21-23-25-27-29-35(39)36-33(32-43-44(40,41)42-31-30-37(3,4)5)34(38)28-26-24-22-20-15-13-11-9-7-2/h15,18-20,23,25-26,28,33-34,38H,6-14,16-17,21-22,24,27,29-32H2,1-5H3,(H-,36,39,40,41)/b19-18-,20-15+,25-23-,28-26+. The van der Waals surface area contributed by atoms with Crippen molar-refractivity contribution in [3.63, 3.8) is 0 Å². The van der Waals surface area contributed by atoms with Crippen LogP contribution in [0.3, 0.4) is 0 Å². The lowest BCUT2D eigenvalue weighted by Gasteiger charge is -2.29. The van der Waals surface area contributed by atoms with E-state index in [0.29, 0.717) is 17.4 Å². The number of carbonyl (C=O) groups is 1. The van der Waals surface area contributed by atoms with Gasteiger partial charge in [0.1, 0.15) is 13.2 Å². The number of rotatable bonds is 29. The normalized spacial score (nSPS) is 15.5. The van der Waals surface area contributed by atoms with E-state index in [9.17, 15) is 19.4 Å². The highest BCUT2D eigenvalue weighted by Crippen LogP contribution is 2.38. The van der Waals surface area contributed by atoms with Crippen molar-refractivity contribution in [3.05, 3.63) is 48.6 Å². The van der Waals surface area contributed by atoms with E-state index in [2.05, 4.69) is 43.5 Å². The molecule has 44 heavy (non-hydrogen) atoms. The van der Waals surface area contributed by atoms with Crippen molar-refractivity contribution < 1.29 is 32.9 Å². The summed E-state index contributed by atoms with van der Waals surface area (Å²) in [5, 5.41) is 13.5. The molecule has 9 heteroatoms. The molecule has 0 saturated carbocycles. The minimum Gasteiger partial charge on any atom is -0.756 e. The van der Waals surface area contributed by atoms with Crippen LogP contribution < -0.4 is 10.2 Å². The number of unbranched alkanes of at least 4 members (excludes halogenated alkanes) is 10. The van der Waals surface area contributed by atoms with Gasteiger partial charge in [0.2, 0.25) is 5.91 Å². The topological polar surface area (TPSA) is 108 Å². The van der Waals surface area contributed by atoms with Crippen molar-refractivity contribution in [1.29, 1.82) is 0 Å². The van der Waals surface area contributed by atoms with Crippen molar-refractivity contribution in [2.75, 3.05) is 40.9 Å². The van der Waals surface area contributed by atoms with Crippen molar-refractivity contribution in [3.8, 4) is 0 Å². The molecule has 0 spiro atoms. The van der Waals surface area contributed by atoms with Crippen LogP contribution in [0, 0.1) is 0 Å². The Labute approximate surface area is 269 Å². The molecule has 3 atom stereocenters. The van der Waals surface area contributed by atoms with Gasteiger partial charge in [0.15, 0.2) is 0 Å². The summed E-state index contributed by atoms with van der Waals surface area (Å²) in [6, 6.07) is -0.929. The maximum atomic E-state index is 12.6. The molecule has 0 aliphatic heterocycles. The Hall–Kier alpha value is -1.54. The fraction of sp³-hybridized carbons (Fsp3) is 0.743. The molecule has 0 fully saturated rings. The van der Waals surface area contributed by atoms with Gasteiger partial charge in [-0.3, -0.25) is 9.36 Å². The maximum Gasteiger partial charge on any atom is 0.268 e. The number of allylic oxidation sites excluding steroid dienone is 7. The molecule has 0 heterocycles. The third-order valence-corrected chi connectivity index (χ3v) is 7.99. The molecule has 0 aromatic carbocycles. The van der Waals surface area contributed by atoms with Crippen LogP contribution in [0.15, 0.2) is 48.6 Å². The van der Waals surface area contributed by atoms with E-state index < -0.39 is 26.6 Å². The van der Waals surface area contributed by atoms with Crippen molar-refractivity contribution in [2.45, 2.75) is 129 Å². The molecule has 0 aromatic rings. The Morgan fingerprint density at radius 3 is 2.02 bits per heavy atom. The highest BCUT2D eigenvalue weighted by molar-refractivity contribution is 7.45. The number of hydrogen-bond acceptors (Lipinski definition) is 6. The number of amides is 1. The molecule has 0 saturated heterocycles. The van der Waals surface area contributed by atoms with Crippen LogP contribution in [-0.4, -0.2) is 68.5 Å². The summed E-state index contributed by atoms with van der Waals surface area (Å²) in [7, 11) is 1.20. The minimum absolute atomic E-state index is 0.0176. The van der Waals surface area contributed by atoms with Crippen LogP contribution in [-0.2, 0) is 18.4 Å². The lowest BCUT2D eigenvalue weighted by atomic mass is 10.1. The molecular formula is C35H65N2O6P. The zero-order valence-electron chi connectivity index (χ0n) is 28.6. The van der Waals surface area contributed by atoms with Gasteiger partial charge in [0, 0.05) is 6.42 Å². The third-order valence-electron chi connectivity index (χ3n) is 7.02. The summed E-state index contributed by atoms with van der Waals surface area (Å²) in [5.41, 5.74) is 0. The number of carbonyl (C=O) groups excluding carboxylic acids is 1. The summed E-state index contributed by atoms with van der Waals surface area (Å²) < 4.78 is 22.9. The quantitative estimate of drug-likeness (QED) is 0.0378. The summed E-state index contributed by atoms with van der Waals surface area (Å²) in [6.07, 6.45) is 31.8. The Morgan fingerprint density at radius 1 is 0.795 bits per heavy atom. The lowest BCUT2D eigenvalue weighted by molar-refractivity contribution is -0.870. The highest BCUT2D eigenvalue weighted by atomic mass is 31.2. The van der Waals surface area contributed by atoms with Crippen LogP contribution in [0.5, 0.6) is 0 Å². The van der Waals surface area contributed by atoms with E-state index >= 15 is 0 Å². The fourth-order valence-electron chi connectivity index (χ4n) is 4.21. The van der Waals surface area contributed by atoms with Gasteiger partial charge in [0.25, 0.3) is 7.82 Å². The number of phosphoric ester groups is 1. The fourth-order valence-corrected chi connectivity index (χ4v) is 4.94. The first-order valence-corrected chi connectivity index (χ1v) is 18.5. The first-order valence-electron chi connectivity index (χ1n) is 17.0. The second-order valence-corrected chi connectivity index (χ2v) is 13.9. The number of nitrogens with zero attached hydrogens (tertiary/aromatic N) is 1. The number of quaternary nitrogens is 1. The molecule has 256 valence electrons.